The van der Waals surface area contributed by atoms with Gasteiger partial charge < -0.3 is 4.74 Å². The number of nitrogens with zero attached hydrogens (tertiary/aromatic N) is 1. The standard InChI is InChI=1S/C10H11NO/c1-4-5-12-10-6-8(2)11-9(3)7-10/h1,6-7H,5H2,2-3H3. The van der Waals surface area contributed by atoms with Gasteiger partial charge in [-0.15, -0.1) is 6.42 Å². The molecule has 12 heavy (non-hydrogen) atoms. The van der Waals surface area contributed by atoms with Gasteiger partial charge in [-0.1, -0.05) is 5.92 Å². The Bertz CT molecular complexity index is 292. The second kappa shape index (κ2) is 3.77. The van der Waals surface area contributed by atoms with Gasteiger partial charge in [0, 0.05) is 23.5 Å². The van der Waals surface area contributed by atoms with E-state index in [1.165, 1.54) is 0 Å². The Morgan fingerprint density at radius 3 is 2.50 bits per heavy atom. The van der Waals surface area contributed by atoms with E-state index in [2.05, 4.69) is 10.9 Å². The van der Waals surface area contributed by atoms with Crippen molar-refractivity contribution in [3.05, 3.63) is 23.5 Å². The van der Waals surface area contributed by atoms with Crippen LogP contribution in [0, 0.1) is 26.2 Å². The van der Waals surface area contributed by atoms with E-state index in [1.54, 1.807) is 0 Å². The van der Waals surface area contributed by atoms with Gasteiger partial charge in [0.15, 0.2) is 0 Å². The Balaban J connectivity index is 2.80. The van der Waals surface area contributed by atoms with Crippen LogP contribution in [0.2, 0.25) is 0 Å². The first-order valence-corrected chi connectivity index (χ1v) is 3.74. The smallest absolute Gasteiger partial charge is 0.148 e. The zero-order valence-corrected chi connectivity index (χ0v) is 7.29. The second-order valence-electron chi connectivity index (χ2n) is 2.58. The molecule has 1 aromatic heterocycles. The summed E-state index contributed by atoms with van der Waals surface area (Å²) in [7, 11) is 0. The fraction of sp³-hybridized carbons (Fsp3) is 0.300. The number of terminal acetylenes is 1. The second-order valence-corrected chi connectivity index (χ2v) is 2.58. The normalized spacial score (nSPS) is 9.08. The summed E-state index contributed by atoms with van der Waals surface area (Å²) in [4.78, 5) is 4.21. The molecule has 1 rings (SSSR count). The molecule has 0 fully saturated rings. The highest BCUT2D eigenvalue weighted by atomic mass is 16.5. The number of ether oxygens (including phenoxy) is 1. The first kappa shape index (κ1) is 8.61. The summed E-state index contributed by atoms with van der Waals surface area (Å²) in [5.74, 6) is 3.20. The molecule has 0 saturated heterocycles. The van der Waals surface area contributed by atoms with Crippen molar-refractivity contribution >= 4 is 0 Å². The van der Waals surface area contributed by atoms with Crippen LogP contribution in [0.25, 0.3) is 0 Å². The average Bonchev–Trinajstić information content (AvgIpc) is 1.99. The van der Waals surface area contributed by atoms with Gasteiger partial charge >= 0.3 is 0 Å². The van der Waals surface area contributed by atoms with Gasteiger partial charge in [0.05, 0.1) is 0 Å². The van der Waals surface area contributed by atoms with E-state index in [0.29, 0.717) is 6.61 Å². The number of pyridine rings is 1. The van der Waals surface area contributed by atoms with Crippen molar-refractivity contribution in [2.45, 2.75) is 13.8 Å². The predicted octanol–water partition coefficient (Wildman–Crippen LogP) is 1.71. The summed E-state index contributed by atoms with van der Waals surface area (Å²) in [6, 6.07) is 3.73. The monoisotopic (exact) mass is 161 g/mol. The fourth-order valence-electron chi connectivity index (χ4n) is 1.00. The lowest BCUT2D eigenvalue weighted by molar-refractivity contribution is 0.369. The quantitative estimate of drug-likeness (QED) is 0.616. The van der Waals surface area contributed by atoms with Crippen molar-refractivity contribution in [3.8, 4) is 18.1 Å². The van der Waals surface area contributed by atoms with Crippen LogP contribution in [0.15, 0.2) is 12.1 Å². The maximum Gasteiger partial charge on any atom is 0.148 e. The number of rotatable bonds is 2. The summed E-state index contributed by atoms with van der Waals surface area (Å²) in [6.07, 6.45) is 5.06. The van der Waals surface area contributed by atoms with E-state index in [9.17, 15) is 0 Å². The molecule has 0 spiro atoms. The summed E-state index contributed by atoms with van der Waals surface area (Å²) < 4.78 is 5.24. The molecule has 0 amide bonds. The third-order valence-electron chi connectivity index (χ3n) is 1.38. The molecule has 0 aliphatic carbocycles. The predicted molar refractivity (Wildman–Crippen MR) is 48.0 cm³/mol. The van der Waals surface area contributed by atoms with E-state index in [0.717, 1.165) is 17.1 Å². The van der Waals surface area contributed by atoms with Gasteiger partial charge in [0.1, 0.15) is 12.4 Å². The van der Waals surface area contributed by atoms with Crippen LogP contribution in [0.1, 0.15) is 11.4 Å². The summed E-state index contributed by atoms with van der Waals surface area (Å²) in [5, 5.41) is 0. The third-order valence-corrected chi connectivity index (χ3v) is 1.38. The molecule has 2 nitrogen and oxygen atoms in total. The van der Waals surface area contributed by atoms with Crippen LogP contribution in [0.3, 0.4) is 0 Å². The van der Waals surface area contributed by atoms with Crippen LogP contribution < -0.4 is 4.74 Å². The summed E-state index contributed by atoms with van der Waals surface area (Å²) >= 11 is 0. The van der Waals surface area contributed by atoms with E-state index < -0.39 is 0 Å². The number of aryl methyl sites for hydroxylation is 2. The number of hydrogen-bond donors (Lipinski definition) is 0. The molecule has 0 bridgehead atoms. The van der Waals surface area contributed by atoms with E-state index in [-0.39, 0.29) is 0 Å². The average molecular weight is 161 g/mol. The van der Waals surface area contributed by atoms with Gasteiger partial charge in [-0.2, -0.15) is 0 Å². The topological polar surface area (TPSA) is 22.1 Å². The van der Waals surface area contributed by atoms with E-state index >= 15 is 0 Å². The molecular formula is C10H11NO. The van der Waals surface area contributed by atoms with Gasteiger partial charge in [0.2, 0.25) is 0 Å². The van der Waals surface area contributed by atoms with Crippen molar-refractivity contribution in [2.75, 3.05) is 6.61 Å². The molecule has 0 N–H and O–H groups in total. The van der Waals surface area contributed by atoms with Crippen molar-refractivity contribution in [1.82, 2.24) is 4.98 Å². The van der Waals surface area contributed by atoms with Crippen LogP contribution in [0.5, 0.6) is 5.75 Å². The van der Waals surface area contributed by atoms with Crippen LogP contribution in [-0.2, 0) is 0 Å². The molecule has 0 radical (unpaired) electrons. The molecule has 0 aliphatic heterocycles. The zero-order chi connectivity index (χ0) is 8.97. The van der Waals surface area contributed by atoms with E-state index in [1.807, 2.05) is 26.0 Å². The molecular weight excluding hydrogens is 150 g/mol. The molecule has 1 heterocycles. The molecule has 0 atom stereocenters. The minimum absolute atomic E-state index is 0.308. The highest BCUT2D eigenvalue weighted by Crippen LogP contribution is 2.12. The van der Waals surface area contributed by atoms with Crippen molar-refractivity contribution < 1.29 is 4.74 Å². The molecule has 2 heteroatoms. The Labute approximate surface area is 72.6 Å². The Kier molecular flexibility index (Phi) is 2.71. The largest absolute Gasteiger partial charge is 0.481 e. The molecule has 62 valence electrons. The summed E-state index contributed by atoms with van der Waals surface area (Å²) in [6.45, 7) is 4.16. The minimum Gasteiger partial charge on any atom is -0.481 e. The van der Waals surface area contributed by atoms with Crippen LogP contribution in [0.4, 0.5) is 0 Å². The number of aromatic nitrogens is 1. The lowest BCUT2D eigenvalue weighted by Gasteiger charge is -2.03. The van der Waals surface area contributed by atoms with Gasteiger partial charge in [0.25, 0.3) is 0 Å². The Morgan fingerprint density at radius 2 is 2.00 bits per heavy atom. The van der Waals surface area contributed by atoms with Gasteiger partial charge in [-0.3, -0.25) is 4.98 Å². The van der Waals surface area contributed by atoms with Crippen molar-refractivity contribution in [3.63, 3.8) is 0 Å². The fourth-order valence-corrected chi connectivity index (χ4v) is 1.00. The van der Waals surface area contributed by atoms with Crippen LogP contribution >= 0.6 is 0 Å². The van der Waals surface area contributed by atoms with Gasteiger partial charge in [-0.05, 0) is 13.8 Å². The van der Waals surface area contributed by atoms with E-state index in [4.69, 9.17) is 11.2 Å². The lowest BCUT2D eigenvalue weighted by Crippen LogP contribution is -1.95. The molecule has 1 aromatic rings. The maximum absolute atomic E-state index is 5.24. The Morgan fingerprint density at radius 1 is 1.42 bits per heavy atom. The van der Waals surface area contributed by atoms with Crippen LogP contribution in [-0.4, -0.2) is 11.6 Å². The maximum atomic E-state index is 5.24. The highest BCUT2D eigenvalue weighted by Gasteiger charge is 1.95. The summed E-state index contributed by atoms with van der Waals surface area (Å²) in [5.41, 5.74) is 1.89. The molecule has 0 unspecified atom stereocenters. The number of hydrogen-bond acceptors (Lipinski definition) is 2. The lowest BCUT2D eigenvalue weighted by atomic mass is 10.3. The first-order chi connectivity index (χ1) is 5.72. The van der Waals surface area contributed by atoms with Crippen molar-refractivity contribution in [2.24, 2.45) is 0 Å². The van der Waals surface area contributed by atoms with Gasteiger partial charge in [-0.25, -0.2) is 0 Å². The highest BCUT2D eigenvalue weighted by molar-refractivity contribution is 5.26. The molecule has 0 saturated carbocycles. The first-order valence-electron chi connectivity index (χ1n) is 3.74. The SMILES string of the molecule is C#CCOc1cc(C)nc(C)c1. The minimum atomic E-state index is 0.308. The molecule has 0 aromatic carbocycles. The third kappa shape index (κ3) is 2.28. The zero-order valence-electron chi connectivity index (χ0n) is 7.29. The molecule has 0 aliphatic rings. The van der Waals surface area contributed by atoms with Crippen molar-refractivity contribution in [1.29, 1.82) is 0 Å². The Hall–Kier alpha value is -1.49.